The van der Waals surface area contributed by atoms with Crippen molar-refractivity contribution in [3.63, 3.8) is 0 Å². The third kappa shape index (κ3) is 4.67. The standard InChI is InChI=1S/C24H23ClN4O5S/c1-5-33-24(30)20-14-26-23-21(15(2)27-28(23)3)22(20)29(4)35(31,32)19-12-10-18(11-13-19)34-17-8-6-16(25)7-9-17/h6-14H,5H2,1-4H3. The van der Waals surface area contributed by atoms with Gasteiger partial charge in [0, 0.05) is 25.3 Å². The summed E-state index contributed by atoms with van der Waals surface area (Å²) in [6.07, 6.45) is 1.31. The smallest absolute Gasteiger partial charge is 0.341 e. The van der Waals surface area contributed by atoms with Gasteiger partial charge in [-0.1, -0.05) is 11.6 Å². The fourth-order valence-corrected chi connectivity index (χ4v) is 5.03. The fraction of sp³-hybridized carbons (Fsp3) is 0.208. The number of carbonyl (C=O) groups is 1. The number of ether oxygens (including phenoxy) is 2. The molecular formula is C24H23ClN4O5S. The van der Waals surface area contributed by atoms with Crippen molar-refractivity contribution in [1.29, 1.82) is 0 Å². The number of pyridine rings is 1. The molecule has 2 heterocycles. The lowest BCUT2D eigenvalue weighted by atomic mass is 10.1. The van der Waals surface area contributed by atoms with Gasteiger partial charge >= 0.3 is 5.97 Å². The molecule has 11 heteroatoms. The van der Waals surface area contributed by atoms with Crippen LogP contribution in [0.5, 0.6) is 11.5 Å². The SMILES string of the molecule is CCOC(=O)c1cnc2c(c(C)nn2C)c1N(C)S(=O)(=O)c1ccc(Oc2ccc(Cl)cc2)cc1. The highest BCUT2D eigenvalue weighted by Gasteiger charge is 2.30. The first-order chi connectivity index (χ1) is 16.6. The summed E-state index contributed by atoms with van der Waals surface area (Å²) in [7, 11) is -0.985. The van der Waals surface area contributed by atoms with Gasteiger partial charge in [-0.05, 0) is 62.4 Å². The molecule has 0 saturated carbocycles. The number of nitrogens with zero attached hydrogens (tertiary/aromatic N) is 4. The molecule has 9 nitrogen and oxygen atoms in total. The van der Waals surface area contributed by atoms with Crippen molar-refractivity contribution < 1.29 is 22.7 Å². The van der Waals surface area contributed by atoms with Crippen LogP contribution >= 0.6 is 11.6 Å². The van der Waals surface area contributed by atoms with Crippen LogP contribution in [0.2, 0.25) is 5.02 Å². The minimum absolute atomic E-state index is 0.0183. The number of fused-ring (bicyclic) bond motifs is 1. The van der Waals surface area contributed by atoms with E-state index in [9.17, 15) is 13.2 Å². The van der Waals surface area contributed by atoms with Crippen molar-refractivity contribution in [1.82, 2.24) is 14.8 Å². The van der Waals surface area contributed by atoms with E-state index >= 15 is 0 Å². The zero-order valence-corrected chi connectivity index (χ0v) is 21.1. The van der Waals surface area contributed by atoms with Crippen LogP contribution < -0.4 is 9.04 Å². The molecule has 2 aromatic heterocycles. The van der Waals surface area contributed by atoms with Crippen LogP contribution in [0.4, 0.5) is 5.69 Å². The molecule has 35 heavy (non-hydrogen) atoms. The number of esters is 1. The highest BCUT2D eigenvalue weighted by Crippen LogP contribution is 2.35. The van der Waals surface area contributed by atoms with E-state index < -0.39 is 16.0 Å². The summed E-state index contributed by atoms with van der Waals surface area (Å²) in [4.78, 5) is 17.0. The first-order valence-electron chi connectivity index (χ1n) is 10.6. The fourth-order valence-electron chi connectivity index (χ4n) is 3.67. The molecule has 0 spiro atoms. The molecule has 0 saturated heterocycles. The predicted molar refractivity (Wildman–Crippen MR) is 133 cm³/mol. The van der Waals surface area contributed by atoms with Gasteiger partial charge in [0.2, 0.25) is 0 Å². The maximum absolute atomic E-state index is 13.6. The molecule has 0 radical (unpaired) electrons. The maximum Gasteiger partial charge on any atom is 0.341 e. The van der Waals surface area contributed by atoms with E-state index in [-0.39, 0.29) is 22.8 Å². The van der Waals surface area contributed by atoms with E-state index in [0.29, 0.717) is 33.2 Å². The van der Waals surface area contributed by atoms with Gasteiger partial charge in [-0.25, -0.2) is 18.2 Å². The Kier molecular flexibility index (Phi) is 6.68. The van der Waals surface area contributed by atoms with Gasteiger partial charge in [-0.2, -0.15) is 5.10 Å². The summed E-state index contributed by atoms with van der Waals surface area (Å²) >= 11 is 5.90. The molecule has 4 aromatic rings. The van der Waals surface area contributed by atoms with Crippen LogP contribution in [-0.4, -0.2) is 42.8 Å². The summed E-state index contributed by atoms with van der Waals surface area (Å²) in [5.41, 5.74) is 1.16. The topological polar surface area (TPSA) is 104 Å². The molecular weight excluding hydrogens is 492 g/mol. The van der Waals surface area contributed by atoms with E-state index in [4.69, 9.17) is 21.1 Å². The largest absolute Gasteiger partial charge is 0.462 e. The van der Waals surface area contributed by atoms with Gasteiger partial charge < -0.3 is 9.47 Å². The van der Waals surface area contributed by atoms with E-state index in [2.05, 4.69) is 10.1 Å². The second kappa shape index (κ2) is 9.55. The summed E-state index contributed by atoms with van der Waals surface area (Å²) in [5, 5.41) is 5.38. The Balaban J connectivity index is 1.74. The van der Waals surface area contributed by atoms with E-state index in [1.54, 1.807) is 57.3 Å². The first-order valence-corrected chi connectivity index (χ1v) is 12.5. The molecule has 0 bridgehead atoms. The van der Waals surface area contributed by atoms with Crippen molar-refractivity contribution in [3.05, 3.63) is 71.0 Å². The van der Waals surface area contributed by atoms with Crippen molar-refractivity contribution in [2.75, 3.05) is 18.0 Å². The number of halogens is 1. The zero-order chi connectivity index (χ0) is 25.3. The van der Waals surface area contributed by atoms with Crippen LogP contribution in [0.3, 0.4) is 0 Å². The average Bonchev–Trinajstić information content (AvgIpc) is 3.13. The van der Waals surface area contributed by atoms with Crippen molar-refractivity contribution in [3.8, 4) is 11.5 Å². The molecule has 0 atom stereocenters. The Morgan fingerprint density at radius 3 is 2.29 bits per heavy atom. The van der Waals surface area contributed by atoms with Crippen LogP contribution in [0.15, 0.2) is 59.6 Å². The normalized spacial score (nSPS) is 11.5. The van der Waals surface area contributed by atoms with Crippen LogP contribution in [0, 0.1) is 6.92 Å². The summed E-state index contributed by atoms with van der Waals surface area (Å²) in [5.74, 6) is 0.344. The monoisotopic (exact) mass is 514 g/mol. The van der Waals surface area contributed by atoms with Crippen molar-refractivity contribution >= 4 is 44.3 Å². The summed E-state index contributed by atoms with van der Waals surface area (Å²) < 4.78 is 40.7. The molecule has 0 unspecified atom stereocenters. The average molecular weight is 515 g/mol. The quantitative estimate of drug-likeness (QED) is 0.328. The highest BCUT2D eigenvalue weighted by molar-refractivity contribution is 7.92. The number of benzene rings is 2. The number of anilines is 1. The lowest BCUT2D eigenvalue weighted by Gasteiger charge is -2.23. The number of carbonyl (C=O) groups excluding carboxylic acids is 1. The van der Waals surface area contributed by atoms with Crippen LogP contribution in [0.1, 0.15) is 23.0 Å². The minimum Gasteiger partial charge on any atom is -0.462 e. The van der Waals surface area contributed by atoms with Crippen molar-refractivity contribution in [2.45, 2.75) is 18.7 Å². The Bertz CT molecular complexity index is 1500. The van der Waals surface area contributed by atoms with Gasteiger partial charge in [-0.3, -0.25) is 8.99 Å². The molecule has 4 rings (SSSR count). The number of aromatic nitrogens is 3. The van der Waals surface area contributed by atoms with Crippen LogP contribution in [0.25, 0.3) is 11.0 Å². The molecule has 0 aliphatic rings. The molecule has 182 valence electrons. The van der Waals surface area contributed by atoms with E-state index in [1.165, 1.54) is 30.1 Å². The number of rotatable bonds is 7. The van der Waals surface area contributed by atoms with Gasteiger partial charge in [0.05, 0.1) is 28.3 Å². The predicted octanol–water partition coefficient (Wildman–Crippen LogP) is 4.72. The number of sulfonamides is 1. The molecule has 0 aliphatic carbocycles. The van der Waals surface area contributed by atoms with Gasteiger partial charge in [0.25, 0.3) is 10.0 Å². The minimum atomic E-state index is -4.07. The van der Waals surface area contributed by atoms with Gasteiger partial charge in [0.1, 0.15) is 17.1 Å². The molecule has 0 fully saturated rings. The second-order valence-electron chi connectivity index (χ2n) is 7.65. The van der Waals surface area contributed by atoms with Crippen molar-refractivity contribution in [2.24, 2.45) is 7.05 Å². The Morgan fingerprint density at radius 1 is 1.09 bits per heavy atom. The summed E-state index contributed by atoms with van der Waals surface area (Å²) in [6.45, 7) is 3.53. The zero-order valence-electron chi connectivity index (χ0n) is 19.5. The number of hydrogen-bond acceptors (Lipinski definition) is 7. The van der Waals surface area contributed by atoms with E-state index in [1.807, 2.05) is 0 Å². The summed E-state index contributed by atoms with van der Waals surface area (Å²) in [6, 6.07) is 12.8. The maximum atomic E-state index is 13.6. The molecule has 0 amide bonds. The third-order valence-electron chi connectivity index (χ3n) is 5.34. The molecule has 0 aliphatic heterocycles. The van der Waals surface area contributed by atoms with Crippen LogP contribution in [-0.2, 0) is 21.8 Å². The lowest BCUT2D eigenvalue weighted by Crippen LogP contribution is -2.29. The number of hydrogen-bond donors (Lipinski definition) is 0. The number of aryl methyl sites for hydroxylation is 2. The highest BCUT2D eigenvalue weighted by atomic mass is 35.5. The Morgan fingerprint density at radius 2 is 1.69 bits per heavy atom. The molecule has 0 N–H and O–H groups in total. The Hall–Kier alpha value is -3.63. The molecule has 2 aromatic carbocycles. The lowest BCUT2D eigenvalue weighted by molar-refractivity contribution is 0.0527. The van der Waals surface area contributed by atoms with Gasteiger partial charge in [0.15, 0.2) is 5.65 Å². The van der Waals surface area contributed by atoms with Gasteiger partial charge in [-0.15, -0.1) is 0 Å². The second-order valence-corrected chi connectivity index (χ2v) is 10.1. The van der Waals surface area contributed by atoms with E-state index in [0.717, 1.165) is 4.31 Å². The Labute approximate surface area is 207 Å². The first kappa shape index (κ1) is 24.5. The third-order valence-corrected chi connectivity index (χ3v) is 7.37.